The molecule has 0 aliphatic rings. The van der Waals surface area contributed by atoms with E-state index in [1.165, 1.54) is 17.8 Å². The zero-order valence-corrected chi connectivity index (χ0v) is 12.6. The summed E-state index contributed by atoms with van der Waals surface area (Å²) >= 11 is 3.41. The highest BCUT2D eigenvalue weighted by atomic mass is 79.9. The molecule has 2 nitrogen and oxygen atoms in total. The fourth-order valence-corrected chi connectivity index (χ4v) is 2.47. The third kappa shape index (κ3) is 3.91. The lowest BCUT2D eigenvalue weighted by Gasteiger charge is -2.11. The van der Waals surface area contributed by atoms with E-state index in [1.807, 2.05) is 12.1 Å². The molecule has 1 heterocycles. The minimum absolute atomic E-state index is 0.215. The average Bonchev–Trinajstić information content (AvgIpc) is 2.81. The molecular weight excluding hydrogens is 307 g/mol. The van der Waals surface area contributed by atoms with E-state index in [4.69, 9.17) is 0 Å². The first-order valence-electron chi connectivity index (χ1n) is 6.49. The normalized spacial score (nSPS) is 10.9. The monoisotopic (exact) mass is 324 g/mol. The van der Waals surface area contributed by atoms with Gasteiger partial charge in [-0.3, -0.25) is 0 Å². The first-order chi connectivity index (χ1) is 9.20. The highest BCUT2D eigenvalue weighted by Crippen LogP contribution is 2.20. The van der Waals surface area contributed by atoms with Crippen LogP contribution in [0.5, 0.6) is 0 Å². The van der Waals surface area contributed by atoms with Gasteiger partial charge in [-0.1, -0.05) is 28.9 Å². The van der Waals surface area contributed by atoms with Crippen LogP contribution >= 0.6 is 15.9 Å². The van der Waals surface area contributed by atoms with Gasteiger partial charge in [-0.15, -0.1) is 0 Å². The van der Waals surface area contributed by atoms with Crippen LogP contribution in [0, 0.1) is 5.82 Å². The van der Waals surface area contributed by atoms with Crippen molar-refractivity contribution in [2.45, 2.75) is 26.4 Å². The van der Waals surface area contributed by atoms with E-state index in [0.29, 0.717) is 0 Å². The van der Waals surface area contributed by atoms with E-state index in [2.05, 4.69) is 45.0 Å². The number of halogens is 2. The number of benzene rings is 1. The van der Waals surface area contributed by atoms with Crippen LogP contribution in [0.15, 0.2) is 41.0 Å². The Morgan fingerprint density at radius 2 is 2.16 bits per heavy atom. The number of nitrogens with one attached hydrogen (secondary N) is 1. The molecule has 4 heteroatoms. The van der Waals surface area contributed by atoms with Gasteiger partial charge in [-0.25, -0.2) is 4.39 Å². The maximum absolute atomic E-state index is 13.1. The van der Waals surface area contributed by atoms with Gasteiger partial charge >= 0.3 is 0 Å². The van der Waals surface area contributed by atoms with Crippen LogP contribution in [0.25, 0.3) is 0 Å². The van der Waals surface area contributed by atoms with Crippen molar-refractivity contribution < 1.29 is 4.39 Å². The zero-order chi connectivity index (χ0) is 13.7. The highest BCUT2D eigenvalue weighted by Gasteiger charge is 2.05. The number of rotatable bonds is 6. The number of aromatic nitrogens is 1. The summed E-state index contributed by atoms with van der Waals surface area (Å²) in [5, 5.41) is 3.39. The molecule has 0 atom stereocenters. The molecule has 102 valence electrons. The predicted molar refractivity (Wildman–Crippen MR) is 79.6 cm³/mol. The second kappa shape index (κ2) is 6.87. The first kappa shape index (κ1) is 14.3. The van der Waals surface area contributed by atoms with Crippen molar-refractivity contribution in [1.29, 1.82) is 0 Å². The van der Waals surface area contributed by atoms with E-state index < -0.39 is 0 Å². The van der Waals surface area contributed by atoms with Gasteiger partial charge in [0, 0.05) is 29.5 Å². The smallest absolute Gasteiger partial charge is 0.124 e. The van der Waals surface area contributed by atoms with Crippen LogP contribution in [0.4, 0.5) is 4.39 Å². The highest BCUT2D eigenvalue weighted by molar-refractivity contribution is 9.10. The van der Waals surface area contributed by atoms with Crippen LogP contribution in [-0.2, 0) is 13.1 Å². The number of hydrogen-bond donors (Lipinski definition) is 1. The minimum atomic E-state index is -0.215. The largest absolute Gasteiger partial charge is 0.346 e. The molecule has 0 unspecified atom stereocenters. The van der Waals surface area contributed by atoms with Crippen molar-refractivity contribution in [3.05, 3.63) is 58.1 Å². The average molecular weight is 325 g/mol. The van der Waals surface area contributed by atoms with Gasteiger partial charge in [-0.05, 0) is 42.8 Å². The third-order valence-corrected chi connectivity index (χ3v) is 3.75. The van der Waals surface area contributed by atoms with Crippen molar-refractivity contribution in [2.24, 2.45) is 0 Å². The second-order valence-electron chi connectivity index (χ2n) is 4.54. The SMILES string of the molecule is CCCNCc1cccn1Cc1ccc(F)cc1Br. The van der Waals surface area contributed by atoms with E-state index in [9.17, 15) is 4.39 Å². The van der Waals surface area contributed by atoms with Gasteiger partial charge in [0.1, 0.15) is 5.82 Å². The van der Waals surface area contributed by atoms with Gasteiger partial charge in [0.15, 0.2) is 0 Å². The van der Waals surface area contributed by atoms with Crippen molar-refractivity contribution in [3.8, 4) is 0 Å². The molecule has 19 heavy (non-hydrogen) atoms. The Balaban J connectivity index is 2.08. The molecule has 0 aliphatic carbocycles. The molecule has 0 spiro atoms. The summed E-state index contributed by atoms with van der Waals surface area (Å²) < 4.78 is 16.1. The standard InChI is InChI=1S/C15H18BrFN2/c1-2-7-18-10-14-4-3-8-19(14)11-12-5-6-13(17)9-15(12)16/h3-6,8-9,18H,2,7,10-11H2,1H3. The molecule has 1 N–H and O–H groups in total. The number of hydrogen-bond acceptors (Lipinski definition) is 1. The second-order valence-corrected chi connectivity index (χ2v) is 5.39. The summed E-state index contributed by atoms with van der Waals surface area (Å²) in [6, 6.07) is 8.98. The molecule has 2 aromatic rings. The molecule has 1 aromatic heterocycles. The Kier molecular flexibility index (Phi) is 5.16. The molecule has 0 saturated heterocycles. The molecule has 2 rings (SSSR count). The molecular formula is C15H18BrFN2. The van der Waals surface area contributed by atoms with Gasteiger partial charge in [-0.2, -0.15) is 0 Å². The maximum Gasteiger partial charge on any atom is 0.124 e. The summed E-state index contributed by atoms with van der Waals surface area (Å²) in [5.74, 6) is -0.215. The van der Waals surface area contributed by atoms with E-state index >= 15 is 0 Å². The Hall–Kier alpha value is -1.13. The topological polar surface area (TPSA) is 17.0 Å². The van der Waals surface area contributed by atoms with Crippen LogP contribution in [0.2, 0.25) is 0 Å². The molecule has 0 amide bonds. The molecule has 1 aromatic carbocycles. The predicted octanol–water partition coefficient (Wildman–Crippen LogP) is 3.94. The fourth-order valence-electron chi connectivity index (χ4n) is 1.99. The van der Waals surface area contributed by atoms with E-state index in [1.54, 1.807) is 0 Å². The summed E-state index contributed by atoms with van der Waals surface area (Å²) in [7, 11) is 0. The summed E-state index contributed by atoms with van der Waals surface area (Å²) in [4.78, 5) is 0. The van der Waals surface area contributed by atoms with Gasteiger partial charge in [0.2, 0.25) is 0 Å². The zero-order valence-electron chi connectivity index (χ0n) is 11.0. The lowest BCUT2D eigenvalue weighted by atomic mass is 10.2. The van der Waals surface area contributed by atoms with Crippen molar-refractivity contribution >= 4 is 15.9 Å². The van der Waals surface area contributed by atoms with E-state index in [-0.39, 0.29) is 5.82 Å². The van der Waals surface area contributed by atoms with Crippen LogP contribution in [-0.4, -0.2) is 11.1 Å². The Morgan fingerprint density at radius 1 is 1.32 bits per heavy atom. The van der Waals surface area contributed by atoms with Crippen LogP contribution < -0.4 is 5.32 Å². The fraction of sp³-hybridized carbons (Fsp3) is 0.333. The van der Waals surface area contributed by atoms with Gasteiger partial charge < -0.3 is 9.88 Å². The molecule has 0 fully saturated rings. The quantitative estimate of drug-likeness (QED) is 0.796. The third-order valence-electron chi connectivity index (χ3n) is 3.01. The summed E-state index contributed by atoms with van der Waals surface area (Å²) in [6.07, 6.45) is 3.18. The Morgan fingerprint density at radius 3 is 2.89 bits per heavy atom. The Labute approximate surface area is 121 Å². The minimum Gasteiger partial charge on any atom is -0.346 e. The summed E-state index contributed by atoms with van der Waals surface area (Å²) in [5.41, 5.74) is 2.32. The Bertz CT molecular complexity index is 537. The molecule has 0 radical (unpaired) electrons. The summed E-state index contributed by atoms with van der Waals surface area (Å²) in [6.45, 7) is 4.78. The van der Waals surface area contributed by atoms with Gasteiger partial charge in [0.05, 0.1) is 0 Å². The van der Waals surface area contributed by atoms with Crippen LogP contribution in [0.3, 0.4) is 0 Å². The molecule has 0 saturated carbocycles. The van der Waals surface area contributed by atoms with E-state index in [0.717, 1.165) is 36.1 Å². The van der Waals surface area contributed by atoms with Crippen molar-refractivity contribution in [1.82, 2.24) is 9.88 Å². The van der Waals surface area contributed by atoms with Crippen LogP contribution in [0.1, 0.15) is 24.6 Å². The van der Waals surface area contributed by atoms with Crippen molar-refractivity contribution in [2.75, 3.05) is 6.54 Å². The number of nitrogens with zero attached hydrogens (tertiary/aromatic N) is 1. The maximum atomic E-state index is 13.1. The van der Waals surface area contributed by atoms with Crippen molar-refractivity contribution in [3.63, 3.8) is 0 Å². The molecule has 0 aliphatic heterocycles. The lowest BCUT2D eigenvalue weighted by Crippen LogP contribution is -2.17. The van der Waals surface area contributed by atoms with Gasteiger partial charge in [0.25, 0.3) is 0 Å². The lowest BCUT2D eigenvalue weighted by molar-refractivity contribution is 0.620. The first-order valence-corrected chi connectivity index (χ1v) is 7.28. The molecule has 0 bridgehead atoms.